The van der Waals surface area contributed by atoms with E-state index < -0.39 is 9.84 Å². The lowest BCUT2D eigenvalue weighted by molar-refractivity contribution is 0.598. The molecule has 4 heteroatoms. The Labute approximate surface area is 125 Å². The molecule has 0 aliphatic carbocycles. The minimum Gasteiger partial charge on any atom is -0.377 e. The molecule has 21 heavy (non-hydrogen) atoms. The van der Waals surface area contributed by atoms with E-state index >= 15 is 0 Å². The van der Waals surface area contributed by atoms with Crippen molar-refractivity contribution in [3.63, 3.8) is 0 Å². The predicted molar refractivity (Wildman–Crippen MR) is 85.5 cm³/mol. The van der Waals surface area contributed by atoms with Crippen molar-refractivity contribution in [2.45, 2.75) is 31.7 Å². The highest BCUT2D eigenvalue weighted by Crippen LogP contribution is 2.36. The summed E-state index contributed by atoms with van der Waals surface area (Å²) < 4.78 is 24.5. The van der Waals surface area contributed by atoms with Gasteiger partial charge in [0.25, 0.3) is 0 Å². The second-order valence-corrected chi connectivity index (χ2v) is 7.79. The van der Waals surface area contributed by atoms with Crippen molar-refractivity contribution in [2.75, 3.05) is 11.1 Å². The number of rotatable bonds is 2. The van der Waals surface area contributed by atoms with Crippen LogP contribution in [0.2, 0.25) is 0 Å². The van der Waals surface area contributed by atoms with Gasteiger partial charge in [0, 0.05) is 5.69 Å². The van der Waals surface area contributed by atoms with Gasteiger partial charge in [0.05, 0.1) is 16.7 Å². The van der Waals surface area contributed by atoms with Gasteiger partial charge in [-0.3, -0.25) is 0 Å². The normalized spacial score (nSPS) is 19.3. The number of benzene rings is 2. The third kappa shape index (κ3) is 2.44. The summed E-state index contributed by atoms with van der Waals surface area (Å²) in [7, 11) is -3.17. The van der Waals surface area contributed by atoms with Crippen LogP contribution in [0.3, 0.4) is 0 Å². The van der Waals surface area contributed by atoms with E-state index in [-0.39, 0.29) is 11.8 Å². The summed E-state index contributed by atoms with van der Waals surface area (Å²) in [6.07, 6.45) is 0. The summed E-state index contributed by atoms with van der Waals surface area (Å²) in [6, 6.07) is 11.3. The van der Waals surface area contributed by atoms with Gasteiger partial charge < -0.3 is 5.32 Å². The highest BCUT2D eigenvalue weighted by Gasteiger charge is 2.34. The molecule has 3 rings (SSSR count). The Hall–Kier alpha value is -1.81. The van der Waals surface area contributed by atoms with E-state index in [1.807, 2.05) is 12.1 Å². The molecule has 0 saturated heterocycles. The van der Waals surface area contributed by atoms with E-state index in [1.54, 1.807) is 12.1 Å². The van der Waals surface area contributed by atoms with Crippen molar-refractivity contribution in [3.05, 3.63) is 58.7 Å². The van der Waals surface area contributed by atoms with Crippen LogP contribution in [0.25, 0.3) is 0 Å². The van der Waals surface area contributed by atoms with E-state index in [0.717, 1.165) is 22.4 Å². The first-order valence-electron chi connectivity index (χ1n) is 7.04. The Balaban J connectivity index is 2.02. The number of hydrogen-bond donors (Lipinski definition) is 1. The van der Waals surface area contributed by atoms with E-state index in [9.17, 15) is 8.42 Å². The largest absolute Gasteiger partial charge is 0.377 e. The SMILES string of the molecule is Cc1cc(C)c(NC2CS(=O)(=O)c3ccccc32)c(C)c1. The summed E-state index contributed by atoms with van der Waals surface area (Å²) >= 11 is 0. The van der Waals surface area contributed by atoms with E-state index in [0.29, 0.717) is 4.90 Å². The highest BCUT2D eigenvalue weighted by molar-refractivity contribution is 7.91. The lowest BCUT2D eigenvalue weighted by Gasteiger charge is -2.19. The molecular weight excluding hydrogens is 282 g/mol. The molecule has 3 nitrogen and oxygen atoms in total. The summed E-state index contributed by atoms with van der Waals surface area (Å²) in [5.74, 6) is 0.124. The zero-order valence-electron chi connectivity index (χ0n) is 12.5. The molecule has 1 atom stereocenters. The standard InChI is InChI=1S/C17H19NO2S/c1-11-8-12(2)17(13(3)9-11)18-15-10-21(19,20)16-7-5-4-6-14(15)16/h4-9,15,18H,10H2,1-3H3. The van der Waals surface area contributed by atoms with Crippen LogP contribution >= 0.6 is 0 Å². The first-order chi connectivity index (χ1) is 9.88. The van der Waals surface area contributed by atoms with Crippen LogP contribution < -0.4 is 5.32 Å². The van der Waals surface area contributed by atoms with E-state index in [2.05, 4.69) is 38.2 Å². The summed E-state index contributed by atoms with van der Waals surface area (Å²) in [4.78, 5) is 0.463. The van der Waals surface area contributed by atoms with Crippen molar-refractivity contribution >= 4 is 15.5 Å². The molecule has 2 aromatic rings. The smallest absolute Gasteiger partial charge is 0.181 e. The first kappa shape index (κ1) is 14.1. The molecule has 0 saturated carbocycles. The van der Waals surface area contributed by atoms with Gasteiger partial charge in [-0.1, -0.05) is 35.9 Å². The van der Waals surface area contributed by atoms with Gasteiger partial charge in [0.2, 0.25) is 0 Å². The molecule has 0 bridgehead atoms. The molecule has 110 valence electrons. The third-order valence-electron chi connectivity index (χ3n) is 4.01. The van der Waals surface area contributed by atoms with Gasteiger partial charge in [-0.05, 0) is 43.5 Å². The maximum Gasteiger partial charge on any atom is 0.181 e. The monoisotopic (exact) mass is 301 g/mol. The van der Waals surface area contributed by atoms with Crippen LogP contribution in [-0.2, 0) is 9.84 Å². The van der Waals surface area contributed by atoms with Crippen LogP contribution in [0.15, 0.2) is 41.3 Å². The number of aryl methyl sites for hydroxylation is 3. The van der Waals surface area contributed by atoms with E-state index in [4.69, 9.17) is 0 Å². The Kier molecular flexibility index (Phi) is 3.29. The van der Waals surface area contributed by atoms with Gasteiger partial charge >= 0.3 is 0 Å². The van der Waals surface area contributed by atoms with Crippen LogP contribution in [0, 0.1) is 20.8 Å². The molecule has 1 aliphatic rings. The molecule has 1 heterocycles. The summed E-state index contributed by atoms with van der Waals surface area (Å²) in [6.45, 7) is 6.18. The van der Waals surface area contributed by atoms with Crippen molar-refractivity contribution in [1.82, 2.24) is 0 Å². The fourth-order valence-corrected chi connectivity index (χ4v) is 4.89. The van der Waals surface area contributed by atoms with Crippen molar-refractivity contribution in [1.29, 1.82) is 0 Å². The molecule has 0 radical (unpaired) electrons. The number of nitrogens with one attached hydrogen (secondary N) is 1. The number of hydrogen-bond acceptors (Lipinski definition) is 3. The maximum atomic E-state index is 12.2. The van der Waals surface area contributed by atoms with E-state index in [1.165, 1.54) is 5.56 Å². The van der Waals surface area contributed by atoms with Crippen LogP contribution in [0.5, 0.6) is 0 Å². The van der Waals surface area contributed by atoms with Crippen LogP contribution in [0.4, 0.5) is 5.69 Å². The molecule has 0 fully saturated rings. The maximum absolute atomic E-state index is 12.2. The molecule has 0 amide bonds. The number of sulfone groups is 1. The van der Waals surface area contributed by atoms with Crippen LogP contribution in [0.1, 0.15) is 28.3 Å². The Bertz CT molecular complexity index is 786. The molecule has 1 aliphatic heterocycles. The number of anilines is 1. The molecule has 1 unspecified atom stereocenters. The molecule has 0 aromatic heterocycles. The fraction of sp³-hybridized carbons (Fsp3) is 0.294. The molecule has 0 spiro atoms. The fourth-order valence-electron chi connectivity index (χ4n) is 3.15. The minimum absolute atomic E-state index is 0.124. The van der Waals surface area contributed by atoms with Gasteiger partial charge in [-0.15, -0.1) is 0 Å². The van der Waals surface area contributed by atoms with Crippen LogP contribution in [-0.4, -0.2) is 14.2 Å². The van der Waals surface area contributed by atoms with Gasteiger partial charge in [0.1, 0.15) is 0 Å². The average molecular weight is 301 g/mol. The van der Waals surface area contributed by atoms with Crippen molar-refractivity contribution < 1.29 is 8.42 Å². The van der Waals surface area contributed by atoms with Gasteiger partial charge in [0.15, 0.2) is 9.84 Å². The molecular formula is C17H19NO2S. The summed E-state index contributed by atoms with van der Waals surface area (Å²) in [5.41, 5.74) is 5.42. The highest BCUT2D eigenvalue weighted by atomic mass is 32.2. The Morgan fingerprint density at radius 3 is 2.33 bits per heavy atom. The van der Waals surface area contributed by atoms with Crippen molar-refractivity contribution in [2.24, 2.45) is 0 Å². The molecule has 2 aromatic carbocycles. The number of fused-ring (bicyclic) bond motifs is 1. The second-order valence-electron chi connectivity index (χ2n) is 5.79. The van der Waals surface area contributed by atoms with Crippen molar-refractivity contribution in [3.8, 4) is 0 Å². The second kappa shape index (κ2) is 4.88. The Morgan fingerprint density at radius 1 is 1.05 bits per heavy atom. The lowest BCUT2D eigenvalue weighted by Crippen LogP contribution is -2.14. The topological polar surface area (TPSA) is 46.2 Å². The predicted octanol–water partition coefficient (Wildman–Crippen LogP) is 3.55. The van der Waals surface area contributed by atoms with Gasteiger partial charge in [-0.25, -0.2) is 8.42 Å². The van der Waals surface area contributed by atoms with Gasteiger partial charge in [-0.2, -0.15) is 0 Å². The first-order valence-corrected chi connectivity index (χ1v) is 8.70. The summed E-state index contributed by atoms with van der Waals surface area (Å²) in [5, 5.41) is 3.44. The molecule has 1 N–H and O–H groups in total. The quantitative estimate of drug-likeness (QED) is 0.922. The third-order valence-corrected chi connectivity index (χ3v) is 5.83. The zero-order valence-corrected chi connectivity index (χ0v) is 13.3. The lowest BCUT2D eigenvalue weighted by atomic mass is 10.0. The minimum atomic E-state index is -3.17. The Morgan fingerprint density at radius 2 is 1.67 bits per heavy atom. The average Bonchev–Trinajstić information content (AvgIpc) is 2.66. The zero-order chi connectivity index (χ0) is 15.2.